The molecule has 0 spiro atoms. The third-order valence-corrected chi connectivity index (χ3v) is 2.38. The lowest BCUT2D eigenvalue weighted by molar-refractivity contribution is 0.414. The van der Waals surface area contributed by atoms with Gasteiger partial charge in [0.05, 0.1) is 17.7 Å². The molecule has 0 bridgehead atoms. The lowest BCUT2D eigenvalue weighted by Crippen LogP contribution is -2.30. The van der Waals surface area contributed by atoms with Crippen LogP contribution in [0.4, 0.5) is 4.39 Å². The highest BCUT2D eigenvalue weighted by atomic mass is 19.1. The van der Waals surface area contributed by atoms with Gasteiger partial charge in [0.2, 0.25) is 0 Å². The second kappa shape index (κ2) is 5.04. The van der Waals surface area contributed by atoms with Gasteiger partial charge in [-0.15, -0.1) is 0 Å². The van der Waals surface area contributed by atoms with Crippen molar-refractivity contribution in [1.82, 2.24) is 10.3 Å². The molecule has 4 heteroatoms. The normalized spacial score (nSPS) is 13.2. The van der Waals surface area contributed by atoms with E-state index in [1.54, 1.807) is 6.20 Å². The molecule has 1 N–H and O–H groups in total. The van der Waals surface area contributed by atoms with Crippen LogP contribution in [0, 0.1) is 22.6 Å². The maximum absolute atomic E-state index is 12.9. The number of nitriles is 1. The predicted octanol–water partition coefficient (Wildman–Crippen LogP) is 2.42. The van der Waals surface area contributed by atoms with Crippen molar-refractivity contribution >= 4 is 0 Å². The zero-order valence-electron chi connectivity index (χ0n) is 9.79. The van der Waals surface area contributed by atoms with Crippen molar-refractivity contribution in [3.63, 3.8) is 0 Å². The van der Waals surface area contributed by atoms with Crippen LogP contribution in [0.3, 0.4) is 0 Å². The second-order valence-corrected chi connectivity index (χ2v) is 4.53. The predicted molar refractivity (Wildman–Crippen MR) is 60.0 cm³/mol. The number of hydrogen-bond acceptors (Lipinski definition) is 3. The van der Waals surface area contributed by atoms with Crippen LogP contribution in [0.1, 0.15) is 32.4 Å². The summed E-state index contributed by atoms with van der Waals surface area (Å²) >= 11 is 0. The average Bonchev–Trinajstić information content (AvgIpc) is 2.26. The Morgan fingerprint density at radius 1 is 1.56 bits per heavy atom. The minimum Gasteiger partial charge on any atom is -0.309 e. The van der Waals surface area contributed by atoms with Gasteiger partial charge in [-0.05, 0) is 32.4 Å². The highest BCUT2D eigenvalue weighted by molar-refractivity contribution is 5.14. The Labute approximate surface area is 95.3 Å². The molecule has 1 unspecified atom stereocenters. The first-order valence-corrected chi connectivity index (χ1v) is 5.20. The van der Waals surface area contributed by atoms with E-state index in [1.165, 1.54) is 12.3 Å². The topological polar surface area (TPSA) is 48.7 Å². The van der Waals surface area contributed by atoms with Crippen LogP contribution < -0.4 is 5.32 Å². The molecule has 0 saturated carbocycles. The number of rotatable bonds is 4. The smallest absolute Gasteiger partial charge is 0.141 e. The van der Waals surface area contributed by atoms with Crippen molar-refractivity contribution in [2.45, 2.75) is 26.8 Å². The van der Waals surface area contributed by atoms with Gasteiger partial charge < -0.3 is 5.32 Å². The first-order valence-electron chi connectivity index (χ1n) is 5.20. The average molecular weight is 221 g/mol. The zero-order valence-corrected chi connectivity index (χ0v) is 9.79. The van der Waals surface area contributed by atoms with E-state index in [1.807, 2.05) is 20.8 Å². The van der Waals surface area contributed by atoms with Gasteiger partial charge in [-0.25, -0.2) is 4.39 Å². The Morgan fingerprint density at radius 2 is 2.25 bits per heavy atom. The molecule has 1 rings (SSSR count). The molecule has 1 atom stereocenters. The molecule has 3 nitrogen and oxygen atoms in total. The minimum atomic E-state index is -0.422. The van der Waals surface area contributed by atoms with Crippen LogP contribution in [0.2, 0.25) is 0 Å². The quantitative estimate of drug-likeness (QED) is 0.849. The Balaban J connectivity index is 2.60. The van der Waals surface area contributed by atoms with Crippen LogP contribution >= 0.6 is 0 Å². The van der Waals surface area contributed by atoms with Crippen molar-refractivity contribution in [3.05, 3.63) is 29.8 Å². The van der Waals surface area contributed by atoms with Crippen LogP contribution in [0.15, 0.2) is 18.5 Å². The van der Waals surface area contributed by atoms with Crippen LogP contribution in [0.25, 0.3) is 0 Å². The minimum absolute atomic E-state index is 0.0178. The monoisotopic (exact) mass is 221 g/mol. The fraction of sp³-hybridized carbons (Fsp3) is 0.500. The third kappa shape index (κ3) is 3.59. The lowest BCUT2D eigenvalue weighted by atomic mass is 9.95. The largest absolute Gasteiger partial charge is 0.309 e. The van der Waals surface area contributed by atoms with Gasteiger partial charge >= 0.3 is 0 Å². The van der Waals surface area contributed by atoms with Gasteiger partial charge in [-0.1, -0.05) is 0 Å². The van der Waals surface area contributed by atoms with Crippen molar-refractivity contribution in [1.29, 1.82) is 5.26 Å². The molecule has 1 aromatic heterocycles. The molecule has 0 aliphatic rings. The Bertz CT molecular complexity index is 395. The number of pyridine rings is 1. The summed E-state index contributed by atoms with van der Waals surface area (Å²) in [5.74, 6) is -0.342. The van der Waals surface area contributed by atoms with E-state index in [9.17, 15) is 4.39 Å². The molecule has 0 aliphatic carbocycles. The van der Waals surface area contributed by atoms with Gasteiger partial charge in [0.1, 0.15) is 5.82 Å². The van der Waals surface area contributed by atoms with Crippen molar-refractivity contribution in [3.8, 4) is 6.07 Å². The summed E-state index contributed by atoms with van der Waals surface area (Å²) in [6, 6.07) is 3.64. The number of nitrogens with zero attached hydrogens (tertiary/aromatic N) is 2. The fourth-order valence-electron chi connectivity index (χ4n) is 1.23. The zero-order chi connectivity index (χ0) is 12.2. The van der Waals surface area contributed by atoms with E-state index in [0.717, 1.165) is 5.56 Å². The van der Waals surface area contributed by atoms with Crippen molar-refractivity contribution < 1.29 is 4.39 Å². The summed E-state index contributed by atoms with van der Waals surface area (Å²) in [6.07, 6.45) is 2.80. The van der Waals surface area contributed by atoms with E-state index >= 15 is 0 Å². The second-order valence-electron chi connectivity index (χ2n) is 4.53. The summed E-state index contributed by atoms with van der Waals surface area (Å²) in [6.45, 7) is 6.19. The van der Waals surface area contributed by atoms with Gasteiger partial charge in [-0.3, -0.25) is 4.98 Å². The van der Waals surface area contributed by atoms with Gasteiger partial charge in [0.15, 0.2) is 0 Å². The summed E-state index contributed by atoms with van der Waals surface area (Å²) < 4.78 is 12.9. The van der Waals surface area contributed by atoms with E-state index in [4.69, 9.17) is 5.26 Å². The first kappa shape index (κ1) is 12.6. The summed E-state index contributed by atoms with van der Waals surface area (Å²) in [7, 11) is 0. The Hall–Kier alpha value is -1.47. The van der Waals surface area contributed by atoms with Crippen molar-refractivity contribution in [2.24, 2.45) is 5.41 Å². The van der Waals surface area contributed by atoms with E-state index in [0.29, 0.717) is 6.54 Å². The molecule has 0 radical (unpaired) electrons. The van der Waals surface area contributed by atoms with E-state index in [2.05, 4.69) is 16.4 Å². The Morgan fingerprint density at radius 3 is 2.81 bits per heavy atom. The third-order valence-electron chi connectivity index (χ3n) is 2.38. The van der Waals surface area contributed by atoms with Gasteiger partial charge in [0.25, 0.3) is 0 Å². The molecule has 16 heavy (non-hydrogen) atoms. The number of hydrogen-bond donors (Lipinski definition) is 1. The van der Waals surface area contributed by atoms with E-state index in [-0.39, 0.29) is 11.9 Å². The number of halogens is 1. The molecule has 0 fully saturated rings. The molecular weight excluding hydrogens is 205 g/mol. The van der Waals surface area contributed by atoms with Crippen LogP contribution in [-0.4, -0.2) is 11.5 Å². The summed E-state index contributed by atoms with van der Waals surface area (Å²) in [4.78, 5) is 3.79. The van der Waals surface area contributed by atoms with Crippen LogP contribution in [0.5, 0.6) is 0 Å². The number of aromatic nitrogens is 1. The standard InChI is InChI=1S/C12H16FN3/c1-9(16-8-12(2,3)7-14)10-4-11(13)6-15-5-10/h4-6,9,16H,8H2,1-3H3. The summed E-state index contributed by atoms with van der Waals surface area (Å²) in [5, 5.41) is 12.0. The van der Waals surface area contributed by atoms with Crippen molar-refractivity contribution in [2.75, 3.05) is 6.54 Å². The maximum Gasteiger partial charge on any atom is 0.141 e. The molecule has 0 amide bonds. The summed E-state index contributed by atoms with van der Waals surface area (Å²) in [5.41, 5.74) is 0.364. The van der Waals surface area contributed by atoms with Crippen LogP contribution in [-0.2, 0) is 0 Å². The first-order chi connectivity index (χ1) is 7.44. The van der Waals surface area contributed by atoms with Gasteiger partial charge in [-0.2, -0.15) is 5.26 Å². The highest BCUT2D eigenvalue weighted by Gasteiger charge is 2.17. The molecule has 0 aromatic carbocycles. The molecule has 1 heterocycles. The molecule has 86 valence electrons. The maximum atomic E-state index is 12.9. The molecule has 1 aromatic rings. The van der Waals surface area contributed by atoms with E-state index < -0.39 is 5.41 Å². The SMILES string of the molecule is CC(NCC(C)(C)C#N)c1cncc(F)c1. The Kier molecular flexibility index (Phi) is 3.97. The molecule has 0 aliphatic heterocycles. The lowest BCUT2D eigenvalue weighted by Gasteiger charge is -2.20. The van der Waals surface area contributed by atoms with Gasteiger partial charge in [0, 0.05) is 18.8 Å². The number of nitrogens with one attached hydrogen (secondary N) is 1. The fourth-order valence-corrected chi connectivity index (χ4v) is 1.23. The highest BCUT2D eigenvalue weighted by Crippen LogP contribution is 2.16. The molecule has 0 saturated heterocycles. The molecular formula is C12H16FN3.